The topological polar surface area (TPSA) is 27.7 Å². The summed E-state index contributed by atoms with van der Waals surface area (Å²) >= 11 is 0. The first-order chi connectivity index (χ1) is 10.7. The minimum atomic E-state index is -0.181. The van der Waals surface area contributed by atoms with Gasteiger partial charge in [-0.25, -0.2) is 0 Å². The van der Waals surface area contributed by atoms with Crippen molar-refractivity contribution in [3.8, 4) is 0 Å². The van der Waals surface area contributed by atoms with Crippen LogP contribution in [-0.2, 0) is 14.2 Å². The van der Waals surface area contributed by atoms with Gasteiger partial charge >= 0.3 is 0 Å². The summed E-state index contributed by atoms with van der Waals surface area (Å²) < 4.78 is 16.6. The molecule has 126 valence electrons. The van der Waals surface area contributed by atoms with Crippen LogP contribution in [0.3, 0.4) is 0 Å². The van der Waals surface area contributed by atoms with E-state index < -0.39 is 0 Å². The Morgan fingerprint density at radius 2 is 1.77 bits per heavy atom. The van der Waals surface area contributed by atoms with Crippen LogP contribution in [0.4, 0.5) is 0 Å². The first kappa shape index (κ1) is 19.7. The van der Waals surface area contributed by atoms with Crippen molar-refractivity contribution in [2.75, 3.05) is 21.3 Å². The van der Waals surface area contributed by atoms with Gasteiger partial charge < -0.3 is 14.2 Å². The molecule has 0 saturated heterocycles. The van der Waals surface area contributed by atoms with Crippen molar-refractivity contribution < 1.29 is 14.2 Å². The van der Waals surface area contributed by atoms with Crippen molar-refractivity contribution in [2.45, 2.75) is 70.1 Å². The van der Waals surface area contributed by atoms with E-state index in [9.17, 15) is 0 Å². The van der Waals surface area contributed by atoms with E-state index in [4.69, 9.17) is 22.1 Å². The second kappa shape index (κ2) is 11.3. The zero-order valence-electron chi connectivity index (χ0n) is 14.8. The van der Waals surface area contributed by atoms with E-state index in [0.717, 1.165) is 25.7 Å². The normalized spacial score (nSPS) is 30.2. The largest absolute Gasteiger partial charge is 0.391 e. The molecular weight excluding hydrogens is 275 g/mol. The number of unbranched alkanes of at least 4 members (excludes halogenated alkanes) is 2. The molecule has 2 radical (unpaired) electrons. The maximum atomic E-state index is 5.90. The van der Waals surface area contributed by atoms with E-state index in [2.05, 4.69) is 19.1 Å². The zero-order valence-corrected chi connectivity index (χ0v) is 14.8. The highest BCUT2D eigenvalue weighted by Crippen LogP contribution is 2.41. The molecule has 3 nitrogen and oxygen atoms in total. The average Bonchev–Trinajstić information content (AvgIpc) is 2.89. The standard InChI is InChI=1S/C18H33BO3/c1-5-6-7-8-9-10-14-15(11-12-18(19)22-4)17(21-3)13-16(14)20-2/h8-9,14-18H,5-7,10-13H2,1-4H3/b9-8-/t14-,15-,16+,17-,18?/m1/s1. The summed E-state index contributed by atoms with van der Waals surface area (Å²) in [6.45, 7) is 2.23. The third kappa shape index (κ3) is 6.06. The number of allylic oxidation sites excluding steroid dienone is 2. The van der Waals surface area contributed by atoms with E-state index in [0.29, 0.717) is 11.8 Å². The smallest absolute Gasteiger partial charge is 0.108 e. The maximum absolute atomic E-state index is 5.90. The SMILES string of the molecule is [B]C(CC[C@@H]1[C@@H](C/C=C\CCCC)[C@@H](OC)C[C@H]1OC)OC. The molecule has 0 amide bonds. The van der Waals surface area contributed by atoms with Crippen LogP contribution in [0.5, 0.6) is 0 Å². The van der Waals surface area contributed by atoms with Crippen molar-refractivity contribution >= 4 is 7.85 Å². The first-order valence-electron chi connectivity index (χ1n) is 8.66. The Balaban J connectivity index is 2.61. The predicted molar refractivity (Wildman–Crippen MR) is 92.3 cm³/mol. The monoisotopic (exact) mass is 308 g/mol. The summed E-state index contributed by atoms with van der Waals surface area (Å²) in [4.78, 5) is 0. The highest BCUT2D eigenvalue weighted by atomic mass is 16.5. The van der Waals surface area contributed by atoms with Gasteiger partial charge in [0.15, 0.2) is 0 Å². The van der Waals surface area contributed by atoms with Crippen LogP contribution < -0.4 is 0 Å². The van der Waals surface area contributed by atoms with E-state index >= 15 is 0 Å². The quantitative estimate of drug-likeness (QED) is 0.331. The van der Waals surface area contributed by atoms with Crippen LogP contribution in [0.15, 0.2) is 12.2 Å². The molecule has 0 aliphatic heterocycles. The highest BCUT2D eigenvalue weighted by molar-refractivity contribution is 6.10. The lowest BCUT2D eigenvalue weighted by molar-refractivity contribution is 0.0503. The van der Waals surface area contributed by atoms with Crippen molar-refractivity contribution in [3.05, 3.63) is 12.2 Å². The van der Waals surface area contributed by atoms with Gasteiger partial charge in [0.05, 0.1) is 12.2 Å². The Hall–Kier alpha value is -0.315. The summed E-state index contributed by atoms with van der Waals surface area (Å²) in [5.74, 6) is 1.00. The van der Waals surface area contributed by atoms with Crippen LogP contribution in [0.25, 0.3) is 0 Å². The molecule has 1 saturated carbocycles. The number of hydrogen-bond donors (Lipinski definition) is 0. The molecule has 0 heterocycles. The third-order valence-electron chi connectivity index (χ3n) is 4.96. The molecule has 1 aliphatic carbocycles. The second-order valence-electron chi connectivity index (χ2n) is 6.31. The van der Waals surface area contributed by atoms with Crippen LogP contribution in [0.1, 0.15) is 51.9 Å². The summed E-state index contributed by atoms with van der Waals surface area (Å²) in [5, 5.41) is 0. The Labute approximate surface area is 138 Å². The lowest BCUT2D eigenvalue weighted by atomic mass is 9.83. The van der Waals surface area contributed by atoms with Gasteiger partial charge in [-0.3, -0.25) is 0 Å². The number of ether oxygens (including phenoxy) is 3. The van der Waals surface area contributed by atoms with Gasteiger partial charge in [-0.15, -0.1) is 0 Å². The van der Waals surface area contributed by atoms with Gasteiger partial charge in [0.1, 0.15) is 7.85 Å². The first-order valence-corrected chi connectivity index (χ1v) is 8.66. The summed E-state index contributed by atoms with van der Waals surface area (Å²) in [7, 11) is 11.2. The van der Waals surface area contributed by atoms with Crippen molar-refractivity contribution in [1.82, 2.24) is 0 Å². The van der Waals surface area contributed by atoms with Crippen LogP contribution >= 0.6 is 0 Å². The van der Waals surface area contributed by atoms with Crippen LogP contribution in [0, 0.1) is 11.8 Å². The Bertz CT molecular complexity index is 309. The van der Waals surface area contributed by atoms with Crippen LogP contribution in [0.2, 0.25) is 0 Å². The fourth-order valence-corrected chi connectivity index (χ4v) is 3.57. The van der Waals surface area contributed by atoms with Gasteiger partial charge in [-0.05, 0) is 37.5 Å². The molecule has 5 atom stereocenters. The molecule has 1 aliphatic rings. The highest BCUT2D eigenvalue weighted by Gasteiger charge is 2.42. The van der Waals surface area contributed by atoms with Crippen molar-refractivity contribution in [2.24, 2.45) is 11.8 Å². The zero-order chi connectivity index (χ0) is 16.4. The van der Waals surface area contributed by atoms with Crippen molar-refractivity contribution in [1.29, 1.82) is 0 Å². The van der Waals surface area contributed by atoms with Gasteiger partial charge in [0.25, 0.3) is 0 Å². The fraction of sp³-hybridized carbons (Fsp3) is 0.889. The molecule has 1 rings (SSSR count). The molecule has 0 N–H and O–H groups in total. The average molecular weight is 308 g/mol. The summed E-state index contributed by atoms with van der Waals surface area (Å²) in [6.07, 6.45) is 12.8. The lowest BCUT2D eigenvalue weighted by Gasteiger charge is -2.26. The summed E-state index contributed by atoms with van der Waals surface area (Å²) in [6, 6.07) is -0.181. The van der Waals surface area contributed by atoms with E-state index in [1.807, 2.05) is 7.11 Å². The minimum Gasteiger partial charge on any atom is -0.391 e. The van der Waals surface area contributed by atoms with E-state index in [-0.39, 0.29) is 18.2 Å². The molecule has 0 aromatic carbocycles. The van der Waals surface area contributed by atoms with Crippen LogP contribution in [-0.4, -0.2) is 47.4 Å². The molecule has 0 spiro atoms. The Morgan fingerprint density at radius 1 is 1.09 bits per heavy atom. The van der Waals surface area contributed by atoms with E-state index in [1.54, 1.807) is 14.2 Å². The molecule has 0 aromatic heterocycles. The number of methoxy groups -OCH3 is 3. The molecule has 0 bridgehead atoms. The van der Waals surface area contributed by atoms with Crippen molar-refractivity contribution in [3.63, 3.8) is 0 Å². The minimum absolute atomic E-state index is 0.181. The fourth-order valence-electron chi connectivity index (χ4n) is 3.57. The Morgan fingerprint density at radius 3 is 2.36 bits per heavy atom. The van der Waals surface area contributed by atoms with Gasteiger partial charge in [0, 0.05) is 33.8 Å². The number of hydrogen-bond acceptors (Lipinski definition) is 3. The Kier molecular flexibility index (Phi) is 10.1. The molecule has 1 fully saturated rings. The second-order valence-corrected chi connectivity index (χ2v) is 6.31. The molecule has 22 heavy (non-hydrogen) atoms. The molecule has 4 heteroatoms. The van der Waals surface area contributed by atoms with E-state index in [1.165, 1.54) is 19.3 Å². The number of rotatable bonds is 11. The lowest BCUT2D eigenvalue weighted by Crippen LogP contribution is -2.25. The third-order valence-corrected chi connectivity index (χ3v) is 4.96. The predicted octanol–water partition coefficient (Wildman–Crippen LogP) is 3.71. The molecular formula is C18H33BO3. The van der Waals surface area contributed by atoms with Gasteiger partial charge in [-0.1, -0.05) is 31.9 Å². The summed E-state index contributed by atoms with van der Waals surface area (Å²) in [5.41, 5.74) is 0. The maximum Gasteiger partial charge on any atom is 0.108 e. The molecule has 1 unspecified atom stereocenters. The van der Waals surface area contributed by atoms with Gasteiger partial charge in [-0.2, -0.15) is 0 Å². The van der Waals surface area contributed by atoms with Gasteiger partial charge in [0.2, 0.25) is 0 Å². The molecule has 0 aromatic rings.